The van der Waals surface area contributed by atoms with Gasteiger partial charge in [-0.1, -0.05) is 18.2 Å². The van der Waals surface area contributed by atoms with Gasteiger partial charge in [0.05, 0.1) is 6.54 Å². The number of nitrogens with one attached hydrogen (secondary N) is 2. The van der Waals surface area contributed by atoms with Crippen molar-refractivity contribution in [3.8, 4) is 0 Å². The maximum absolute atomic E-state index is 12.6. The van der Waals surface area contributed by atoms with E-state index in [0.717, 1.165) is 31.7 Å². The summed E-state index contributed by atoms with van der Waals surface area (Å²) in [6.45, 7) is 11.6. The monoisotopic (exact) mass is 487 g/mol. The summed E-state index contributed by atoms with van der Waals surface area (Å²) < 4.78 is 0. The number of hydrogen-bond acceptors (Lipinski definition) is 3. The second-order valence-electron chi connectivity index (χ2n) is 7.20. The van der Waals surface area contributed by atoms with Crippen molar-refractivity contribution in [3.63, 3.8) is 0 Å². The molecule has 0 saturated carbocycles. The highest BCUT2D eigenvalue weighted by molar-refractivity contribution is 14.0. The first-order valence-corrected chi connectivity index (χ1v) is 9.52. The summed E-state index contributed by atoms with van der Waals surface area (Å²) in [5.41, 5.74) is 2.28. The molecule has 2 rings (SSSR count). The van der Waals surface area contributed by atoms with Crippen molar-refractivity contribution in [2.45, 2.75) is 46.2 Å². The van der Waals surface area contributed by atoms with Crippen molar-refractivity contribution in [2.24, 2.45) is 4.99 Å². The highest BCUT2D eigenvalue weighted by Crippen LogP contribution is 2.27. The van der Waals surface area contributed by atoms with Crippen molar-refractivity contribution in [1.29, 1.82) is 0 Å². The van der Waals surface area contributed by atoms with Gasteiger partial charge in [-0.05, 0) is 45.7 Å². The van der Waals surface area contributed by atoms with Gasteiger partial charge in [-0.15, -0.1) is 24.0 Å². The highest BCUT2D eigenvalue weighted by Gasteiger charge is 2.23. The second kappa shape index (κ2) is 11.5. The van der Waals surface area contributed by atoms with Gasteiger partial charge in [0, 0.05) is 44.5 Å². The van der Waals surface area contributed by atoms with Gasteiger partial charge < -0.3 is 15.5 Å². The van der Waals surface area contributed by atoms with Gasteiger partial charge in [0.2, 0.25) is 5.91 Å². The zero-order valence-corrected chi connectivity index (χ0v) is 19.5. The molecule has 1 amide bonds. The number of halogens is 1. The van der Waals surface area contributed by atoms with Crippen LogP contribution in [0, 0.1) is 0 Å². The van der Waals surface area contributed by atoms with Gasteiger partial charge in [0.1, 0.15) is 0 Å². The molecule has 1 aromatic rings. The van der Waals surface area contributed by atoms with Gasteiger partial charge in [-0.25, -0.2) is 0 Å². The van der Waals surface area contributed by atoms with E-state index in [1.165, 1.54) is 5.56 Å². The van der Waals surface area contributed by atoms with Gasteiger partial charge in [-0.2, -0.15) is 0 Å². The first-order valence-electron chi connectivity index (χ1n) is 9.52. The number of guanidine groups is 1. The smallest absolute Gasteiger partial charge is 0.246 e. The molecule has 1 aliphatic rings. The standard InChI is InChI=1S/C20H33N5O.HI/c1-15(2)24(16(3)4)13-11-22-20(21-5)23-14-19(26)25-12-10-17-8-6-7-9-18(17)25;/h6-9,15-16H,10-14H2,1-5H3,(H2,21,22,23);1H. The van der Waals surface area contributed by atoms with Crippen LogP contribution in [-0.4, -0.2) is 62.1 Å². The van der Waals surface area contributed by atoms with E-state index in [-0.39, 0.29) is 36.4 Å². The molecule has 2 N–H and O–H groups in total. The number of para-hydroxylation sites is 1. The molecular formula is C20H34IN5O. The third kappa shape index (κ3) is 6.64. The van der Waals surface area contributed by atoms with Crippen LogP contribution in [0.4, 0.5) is 5.69 Å². The minimum absolute atomic E-state index is 0. The summed E-state index contributed by atoms with van der Waals surface area (Å²) in [7, 11) is 1.73. The summed E-state index contributed by atoms with van der Waals surface area (Å²) in [6, 6.07) is 9.11. The number of nitrogens with zero attached hydrogens (tertiary/aromatic N) is 3. The molecule has 7 heteroatoms. The SMILES string of the molecule is CN=C(NCCN(C(C)C)C(C)C)NCC(=O)N1CCc2ccccc21.I. The fourth-order valence-corrected chi connectivity index (χ4v) is 3.49. The Labute approximate surface area is 180 Å². The minimum atomic E-state index is 0. The first kappa shape index (κ1) is 23.7. The van der Waals surface area contributed by atoms with Crippen LogP contribution in [0.15, 0.2) is 29.3 Å². The van der Waals surface area contributed by atoms with Crippen LogP contribution < -0.4 is 15.5 Å². The molecule has 0 radical (unpaired) electrons. The van der Waals surface area contributed by atoms with Crippen LogP contribution in [0.3, 0.4) is 0 Å². The topological polar surface area (TPSA) is 60.0 Å². The Hall–Kier alpha value is -1.35. The van der Waals surface area contributed by atoms with E-state index < -0.39 is 0 Å². The molecule has 152 valence electrons. The zero-order chi connectivity index (χ0) is 19.1. The fourth-order valence-electron chi connectivity index (χ4n) is 3.49. The lowest BCUT2D eigenvalue weighted by atomic mass is 10.2. The normalized spacial score (nSPS) is 13.8. The molecule has 1 aromatic carbocycles. The average molecular weight is 487 g/mol. The van der Waals surface area contributed by atoms with Crippen LogP contribution in [-0.2, 0) is 11.2 Å². The predicted octanol–water partition coefficient (Wildman–Crippen LogP) is 2.48. The minimum Gasteiger partial charge on any atom is -0.355 e. The molecule has 0 aliphatic carbocycles. The Morgan fingerprint density at radius 3 is 2.48 bits per heavy atom. The summed E-state index contributed by atoms with van der Waals surface area (Å²) >= 11 is 0. The van der Waals surface area contributed by atoms with E-state index in [0.29, 0.717) is 18.0 Å². The summed E-state index contributed by atoms with van der Waals surface area (Å²) in [4.78, 5) is 21.1. The van der Waals surface area contributed by atoms with E-state index >= 15 is 0 Å². The third-order valence-electron chi connectivity index (χ3n) is 4.81. The van der Waals surface area contributed by atoms with Gasteiger partial charge in [0.15, 0.2) is 5.96 Å². The molecular weight excluding hydrogens is 453 g/mol. The number of amides is 1. The predicted molar refractivity (Wildman–Crippen MR) is 124 cm³/mol. The molecule has 6 nitrogen and oxygen atoms in total. The Bertz CT molecular complexity index is 625. The molecule has 1 heterocycles. The Balaban J connectivity index is 0.00000364. The Kier molecular flexibility index (Phi) is 10.1. The molecule has 0 bridgehead atoms. The molecule has 0 aromatic heterocycles. The molecule has 0 fully saturated rings. The molecule has 0 saturated heterocycles. The van der Waals surface area contributed by atoms with Crippen LogP contribution in [0.5, 0.6) is 0 Å². The zero-order valence-electron chi connectivity index (χ0n) is 17.2. The third-order valence-corrected chi connectivity index (χ3v) is 4.81. The van der Waals surface area contributed by atoms with Crippen molar-refractivity contribution in [2.75, 3.05) is 38.1 Å². The van der Waals surface area contributed by atoms with E-state index in [1.807, 2.05) is 23.1 Å². The highest BCUT2D eigenvalue weighted by atomic mass is 127. The van der Waals surface area contributed by atoms with E-state index in [9.17, 15) is 4.79 Å². The summed E-state index contributed by atoms with van der Waals surface area (Å²) in [6.07, 6.45) is 0.926. The lowest BCUT2D eigenvalue weighted by molar-refractivity contribution is -0.117. The molecule has 0 unspecified atom stereocenters. The van der Waals surface area contributed by atoms with Crippen molar-refractivity contribution in [1.82, 2.24) is 15.5 Å². The van der Waals surface area contributed by atoms with Gasteiger partial charge >= 0.3 is 0 Å². The lowest BCUT2D eigenvalue weighted by Gasteiger charge is -2.30. The Morgan fingerprint density at radius 2 is 1.85 bits per heavy atom. The first-order chi connectivity index (χ1) is 12.4. The molecule has 0 atom stereocenters. The quantitative estimate of drug-likeness (QED) is 0.353. The molecule has 27 heavy (non-hydrogen) atoms. The van der Waals surface area contributed by atoms with Crippen LogP contribution in [0.2, 0.25) is 0 Å². The van der Waals surface area contributed by atoms with Crippen LogP contribution in [0.1, 0.15) is 33.3 Å². The number of carbonyl (C=O) groups is 1. The summed E-state index contributed by atoms with van der Waals surface area (Å²) in [5, 5.41) is 6.44. The molecule has 0 spiro atoms. The number of rotatable bonds is 7. The molecule has 1 aliphatic heterocycles. The average Bonchev–Trinajstić information content (AvgIpc) is 3.04. The van der Waals surface area contributed by atoms with Gasteiger partial charge in [0.25, 0.3) is 0 Å². The van der Waals surface area contributed by atoms with Crippen molar-refractivity contribution >= 4 is 41.5 Å². The van der Waals surface area contributed by atoms with E-state index in [2.05, 4.69) is 54.3 Å². The van der Waals surface area contributed by atoms with E-state index in [4.69, 9.17) is 0 Å². The summed E-state index contributed by atoms with van der Waals surface area (Å²) in [5.74, 6) is 0.738. The lowest BCUT2D eigenvalue weighted by Crippen LogP contribution is -2.47. The number of benzene rings is 1. The number of hydrogen-bond donors (Lipinski definition) is 2. The number of anilines is 1. The Morgan fingerprint density at radius 1 is 1.19 bits per heavy atom. The van der Waals surface area contributed by atoms with Gasteiger partial charge in [-0.3, -0.25) is 14.7 Å². The van der Waals surface area contributed by atoms with Crippen molar-refractivity contribution < 1.29 is 4.79 Å². The maximum Gasteiger partial charge on any atom is 0.246 e. The second-order valence-corrected chi connectivity index (χ2v) is 7.20. The maximum atomic E-state index is 12.6. The number of carbonyl (C=O) groups excluding carboxylic acids is 1. The van der Waals surface area contributed by atoms with Crippen LogP contribution >= 0.6 is 24.0 Å². The number of aliphatic imine (C=N–C) groups is 1. The fraction of sp³-hybridized carbons (Fsp3) is 0.600. The largest absolute Gasteiger partial charge is 0.355 e. The van der Waals surface area contributed by atoms with E-state index in [1.54, 1.807) is 7.05 Å². The number of fused-ring (bicyclic) bond motifs is 1. The van der Waals surface area contributed by atoms with Crippen LogP contribution in [0.25, 0.3) is 0 Å². The van der Waals surface area contributed by atoms with Crippen molar-refractivity contribution in [3.05, 3.63) is 29.8 Å².